The second kappa shape index (κ2) is 6.17. The third kappa shape index (κ3) is 2.68. The van der Waals surface area contributed by atoms with Crippen LogP contribution in [0, 0.1) is 11.3 Å². The van der Waals surface area contributed by atoms with Crippen molar-refractivity contribution in [2.45, 2.75) is 19.4 Å². The number of hydrogen-bond acceptors (Lipinski definition) is 6. The van der Waals surface area contributed by atoms with Crippen molar-refractivity contribution in [2.24, 2.45) is 11.3 Å². The van der Waals surface area contributed by atoms with E-state index in [4.69, 9.17) is 9.47 Å². The molecule has 1 aliphatic rings. The third-order valence-corrected chi connectivity index (χ3v) is 3.95. The van der Waals surface area contributed by atoms with Gasteiger partial charge in [0.2, 0.25) is 0 Å². The zero-order valence-corrected chi connectivity index (χ0v) is 12.7. The van der Waals surface area contributed by atoms with Crippen molar-refractivity contribution in [3.63, 3.8) is 0 Å². The monoisotopic (exact) mass is 306 g/mol. The Balaban J connectivity index is 2.39. The first-order valence-corrected chi connectivity index (χ1v) is 6.86. The molecule has 22 heavy (non-hydrogen) atoms. The maximum atomic E-state index is 12.3. The fourth-order valence-corrected chi connectivity index (χ4v) is 2.65. The minimum absolute atomic E-state index is 0.0231. The Morgan fingerprint density at radius 2 is 1.82 bits per heavy atom. The van der Waals surface area contributed by atoms with Crippen LogP contribution in [0.15, 0.2) is 30.3 Å². The van der Waals surface area contributed by atoms with E-state index in [1.165, 1.54) is 21.1 Å². The van der Waals surface area contributed by atoms with Gasteiger partial charge in [-0.25, -0.2) is 0 Å². The number of methoxy groups -OCH3 is 2. The number of ether oxygens (including phenoxy) is 3. The fraction of sp³-hybridized carbons (Fsp3) is 0.438. The molecule has 3 atom stereocenters. The van der Waals surface area contributed by atoms with Gasteiger partial charge in [0.15, 0.2) is 5.41 Å². The van der Waals surface area contributed by atoms with Crippen LogP contribution in [0.5, 0.6) is 0 Å². The average molecular weight is 306 g/mol. The highest BCUT2D eigenvalue weighted by Gasteiger charge is 2.54. The van der Waals surface area contributed by atoms with E-state index in [0.29, 0.717) is 5.56 Å². The van der Waals surface area contributed by atoms with Crippen molar-refractivity contribution in [3.8, 4) is 0 Å². The Bertz CT molecular complexity index is 582. The molecule has 1 heterocycles. The highest BCUT2D eigenvalue weighted by atomic mass is 16.6. The molecule has 0 amide bonds. The molecule has 1 aromatic carbocycles. The molecule has 6 nitrogen and oxygen atoms in total. The van der Waals surface area contributed by atoms with E-state index in [2.05, 4.69) is 4.74 Å². The van der Waals surface area contributed by atoms with Crippen molar-refractivity contribution in [3.05, 3.63) is 35.9 Å². The van der Waals surface area contributed by atoms with Crippen molar-refractivity contribution < 1.29 is 28.6 Å². The highest BCUT2D eigenvalue weighted by Crippen LogP contribution is 2.43. The molecule has 1 fully saturated rings. The number of hydrogen-bond donors (Lipinski definition) is 0. The second-order valence-electron chi connectivity index (χ2n) is 5.39. The van der Waals surface area contributed by atoms with Crippen LogP contribution in [-0.2, 0) is 28.6 Å². The molecule has 1 aromatic rings. The van der Waals surface area contributed by atoms with Gasteiger partial charge in [-0.15, -0.1) is 0 Å². The van der Waals surface area contributed by atoms with Gasteiger partial charge in [0.05, 0.1) is 20.1 Å². The predicted molar refractivity (Wildman–Crippen MR) is 75.5 cm³/mol. The molecular formula is C16H18O6. The molecule has 2 rings (SSSR count). The summed E-state index contributed by atoms with van der Waals surface area (Å²) in [7, 11) is 2.45. The van der Waals surface area contributed by atoms with Crippen LogP contribution < -0.4 is 0 Å². The van der Waals surface area contributed by atoms with Crippen molar-refractivity contribution in [1.82, 2.24) is 0 Å². The SMILES string of the molecule is COC(=O)[C@@H]1C[C@](C)(C(=O)OC)C(=O)O[C@@H]1c1ccccc1. The number of carbonyl (C=O) groups is 3. The summed E-state index contributed by atoms with van der Waals surface area (Å²) in [6.45, 7) is 1.42. The van der Waals surface area contributed by atoms with Gasteiger partial charge < -0.3 is 14.2 Å². The summed E-state index contributed by atoms with van der Waals surface area (Å²) in [6, 6.07) is 8.90. The fourth-order valence-electron chi connectivity index (χ4n) is 2.65. The van der Waals surface area contributed by atoms with Gasteiger partial charge in [-0.3, -0.25) is 14.4 Å². The van der Waals surface area contributed by atoms with Gasteiger partial charge in [-0.2, -0.15) is 0 Å². The molecule has 0 aliphatic carbocycles. The van der Waals surface area contributed by atoms with E-state index < -0.39 is 35.3 Å². The lowest BCUT2D eigenvalue weighted by Gasteiger charge is -2.38. The minimum atomic E-state index is -1.51. The van der Waals surface area contributed by atoms with Gasteiger partial charge in [-0.1, -0.05) is 30.3 Å². The van der Waals surface area contributed by atoms with Crippen LogP contribution in [-0.4, -0.2) is 32.1 Å². The van der Waals surface area contributed by atoms with Crippen LogP contribution in [0.25, 0.3) is 0 Å². The Kier molecular flexibility index (Phi) is 4.49. The van der Waals surface area contributed by atoms with Crippen LogP contribution in [0.3, 0.4) is 0 Å². The first-order chi connectivity index (χ1) is 10.4. The normalized spacial score (nSPS) is 27.7. The molecule has 6 heteroatoms. The molecule has 0 spiro atoms. The predicted octanol–water partition coefficient (Wildman–Crippen LogP) is 1.64. The van der Waals surface area contributed by atoms with Crippen LogP contribution in [0.4, 0.5) is 0 Å². The van der Waals surface area contributed by atoms with Crippen molar-refractivity contribution in [2.75, 3.05) is 14.2 Å². The quantitative estimate of drug-likeness (QED) is 0.480. The summed E-state index contributed by atoms with van der Waals surface area (Å²) >= 11 is 0. The molecule has 0 bridgehead atoms. The number of carbonyl (C=O) groups excluding carboxylic acids is 3. The second-order valence-corrected chi connectivity index (χ2v) is 5.39. The van der Waals surface area contributed by atoms with E-state index in [-0.39, 0.29) is 6.42 Å². The summed E-state index contributed by atoms with van der Waals surface area (Å²) in [5.41, 5.74) is -0.836. The Morgan fingerprint density at radius 1 is 1.18 bits per heavy atom. The maximum absolute atomic E-state index is 12.3. The summed E-state index contributed by atoms with van der Waals surface area (Å²) in [5.74, 6) is -2.73. The molecule has 0 N–H and O–H groups in total. The number of rotatable bonds is 3. The van der Waals surface area contributed by atoms with E-state index in [9.17, 15) is 14.4 Å². The van der Waals surface area contributed by atoms with Crippen LogP contribution >= 0.6 is 0 Å². The van der Waals surface area contributed by atoms with Gasteiger partial charge in [0, 0.05) is 0 Å². The molecule has 118 valence electrons. The largest absolute Gasteiger partial charge is 0.469 e. The van der Waals surface area contributed by atoms with Gasteiger partial charge in [-0.05, 0) is 18.9 Å². The topological polar surface area (TPSA) is 78.9 Å². The van der Waals surface area contributed by atoms with Crippen LogP contribution in [0.1, 0.15) is 25.0 Å². The van der Waals surface area contributed by atoms with E-state index in [1.54, 1.807) is 24.3 Å². The number of esters is 3. The van der Waals surface area contributed by atoms with Crippen molar-refractivity contribution in [1.29, 1.82) is 0 Å². The summed E-state index contributed by atoms with van der Waals surface area (Å²) in [4.78, 5) is 36.3. The third-order valence-electron chi connectivity index (χ3n) is 3.95. The zero-order valence-electron chi connectivity index (χ0n) is 12.7. The summed E-state index contributed by atoms with van der Waals surface area (Å²) in [6.07, 6.45) is -0.802. The standard InChI is InChI=1S/C16H18O6/c1-16(14(18)21-3)9-11(13(17)20-2)12(22-15(16)19)10-7-5-4-6-8-10/h4-8,11-12H,9H2,1-3H3/t11-,12-,16-/m1/s1. The lowest BCUT2D eigenvalue weighted by atomic mass is 9.75. The first kappa shape index (κ1) is 16.0. The molecular weight excluding hydrogens is 288 g/mol. The Hall–Kier alpha value is -2.37. The molecule has 0 unspecified atom stereocenters. The van der Waals surface area contributed by atoms with Crippen LogP contribution in [0.2, 0.25) is 0 Å². The lowest BCUT2D eigenvalue weighted by molar-refractivity contribution is -0.191. The highest BCUT2D eigenvalue weighted by molar-refractivity contribution is 6.01. The lowest BCUT2D eigenvalue weighted by Crippen LogP contribution is -2.48. The first-order valence-electron chi connectivity index (χ1n) is 6.86. The maximum Gasteiger partial charge on any atom is 0.323 e. The van der Waals surface area contributed by atoms with Crippen molar-refractivity contribution >= 4 is 17.9 Å². The van der Waals surface area contributed by atoms with Gasteiger partial charge >= 0.3 is 17.9 Å². The summed E-state index contributed by atoms with van der Waals surface area (Å²) in [5, 5.41) is 0. The molecule has 0 saturated carbocycles. The number of cyclic esters (lactones) is 1. The summed E-state index contributed by atoms with van der Waals surface area (Å²) < 4.78 is 14.9. The number of benzene rings is 1. The zero-order chi connectivity index (χ0) is 16.3. The van der Waals surface area contributed by atoms with Gasteiger partial charge in [0.25, 0.3) is 0 Å². The molecule has 1 saturated heterocycles. The Labute approximate surface area is 128 Å². The molecule has 1 aliphatic heterocycles. The minimum Gasteiger partial charge on any atom is -0.469 e. The van der Waals surface area contributed by atoms with E-state index in [0.717, 1.165) is 0 Å². The van der Waals surface area contributed by atoms with E-state index >= 15 is 0 Å². The average Bonchev–Trinajstić information content (AvgIpc) is 2.56. The smallest absolute Gasteiger partial charge is 0.323 e. The van der Waals surface area contributed by atoms with Gasteiger partial charge in [0.1, 0.15) is 6.10 Å². The Morgan fingerprint density at radius 3 is 2.36 bits per heavy atom. The van der Waals surface area contributed by atoms with E-state index in [1.807, 2.05) is 6.07 Å². The molecule has 0 radical (unpaired) electrons. The molecule has 0 aromatic heterocycles.